The monoisotopic (exact) mass is 336 g/mol. The number of halogens is 3. The molecular formula is C12H33Al2Cl3. The van der Waals surface area contributed by atoms with Crippen molar-refractivity contribution in [2.24, 2.45) is 0 Å². The van der Waals surface area contributed by atoms with Crippen LogP contribution in [0.15, 0.2) is 0 Å². The van der Waals surface area contributed by atoms with E-state index in [0.29, 0.717) is 0 Å². The Morgan fingerprint density at radius 1 is 0.412 bits per heavy atom. The Labute approximate surface area is 138 Å². The fourth-order valence-corrected chi connectivity index (χ4v) is 5.20. The van der Waals surface area contributed by atoms with E-state index >= 15 is 0 Å². The maximum atomic E-state index is 2.32. The molecule has 0 aromatic carbocycles. The summed E-state index contributed by atoms with van der Waals surface area (Å²) in [6.07, 6.45) is 0. The molecule has 0 atom stereocenters. The van der Waals surface area contributed by atoms with E-state index in [2.05, 4.69) is 41.5 Å². The molecule has 0 heterocycles. The van der Waals surface area contributed by atoms with Gasteiger partial charge in [-0.1, -0.05) is 73.2 Å². The van der Waals surface area contributed by atoms with Gasteiger partial charge >= 0.3 is 0 Å². The quantitative estimate of drug-likeness (QED) is 0.495. The van der Waals surface area contributed by atoms with Crippen LogP contribution < -0.4 is 0 Å². The number of rotatable bonds is 6. The molecule has 0 radical (unpaired) electrons. The van der Waals surface area contributed by atoms with Crippen LogP contribution in [0.4, 0.5) is 0 Å². The Hall–Kier alpha value is 1.93. The van der Waals surface area contributed by atoms with E-state index in [4.69, 9.17) is 0 Å². The van der Waals surface area contributed by atoms with E-state index < -0.39 is 0 Å². The van der Waals surface area contributed by atoms with E-state index in [-0.39, 0.29) is 65.5 Å². The van der Waals surface area contributed by atoms with E-state index in [1.165, 1.54) is 31.7 Å². The third-order valence-electron chi connectivity index (χ3n) is 3.46. The van der Waals surface area contributed by atoms with Gasteiger partial charge in [-0.15, -0.1) is 37.2 Å². The summed E-state index contributed by atoms with van der Waals surface area (Å²) in [5.41, 5.74) is 0. The van der Waals surface area contributed by atoms with Crippen molar-refractivity contribution < 1.29 is 0 Å². The van der Waals surface area contributed by atoms with Crippen LogP contribution in [-0.4, -0.2) is 28.3 Å². The van der Waals surface area contributed by atoms with Crippen molar-refractivity contribution in [2.75, 3.05) is 0 Å². The van der Waals surface area contributed by atoms with Crippen molar-refractivity contribution in [2.45, 2.75) is 73.2 Å². The zero-order chi connectivity index (χ0) is 11.4. The highest BCUT2D eigenvalue weighted by Crippen LogP contribution is 2.02. The van der Waals surface area contributed by atoms with Gasteiger partial charge in [0.25, 0.3) is 28.3 Å². The molecule has 5 heteroatoms. The van der Waals surface area contributed by atoms with E-state index in [9.17, 15) is 0 Å². The van der Waals surface area contributed by atoms with Crippen molar-refractivity contribution in [1.29, 1.82) is 0 Å². The molecule has 0 aromatic rings. The fraction of sp³-hybridized carbons (Fsp3) is 1.00. The maximum Gasteiger partial charge on any atom is 0.261 e. The van der Waals surface area contributed by atoms with Gasteiger partial charge < -0.3 is 0 Å². The summed E-state index contributed by atoms with van der Waals surface area (Å²) < 4.78 is 0. The first-order valence-corrected chi connectivity index (χ1v) is 11.6. The molecule has 0 rings (SSSR count). The van der Waals surface area contributed by atoms with Gasteiger partial charge in [0.05, 0.1) is 0 Å². The van der Waals surface area contributed by atoms with Gasteiger partial charge in [-0.2, -0.15) is 0 Å². The average Bonchev–Trinajstić information content (AvgIpc) is 2.24. The molecule has 0 bridgehead atoms. The molecule has 0 saturated carbocycles. The molecule has 0 spiro atoms. The fourth-order valence-electron chi connectivity index (χ4n) is 1.73. The normalized spacial score (nSPS) is 7.41. The highest BCUT2D eigenvalue weighted by atomic mass is 35.5. The minimum Gasteiger partial charge on any atom is -0.147 e. The van der Waals surface area contributed by atoms with Crippen LogP contribution in [0, 0.1) is 0 Å². The number of hydrogen-bond acceptors (Lipinski definition) is 0. The predicted molar refractivity (Wildman–Crippen MR) is 96.1 cm³/mol. The van der Waals surface area contributed by atoms with Gasteiger partial charge in [0.2, 0.25) is 0 Å². The summed E-state index contributed by atoms with van der Waals surface area (Å²) in [4.78, 5) is 0. The van der Waals surface area contributed by atoms with Crippen LogP contribution in [0.3, 0.4) is 0 Å². The molecule has 0 aliphatic heterocycles. The maximum absolute atomic E-state index is 2.32. The summed E-state index contributed by atoms with van der Waals surface area (Å²) in [5.74, 6) is 0. The van der Waals surface area contributed by atoms with Gasteiger partial charge in [-0.05, 0) is 0 Å². The third kappa shape index (κ3) is 23.5. The molecule has 108 valence electrons. The van der Waals surface area contributed by atoms with Crippen LogP contribution in [0.1, 0.15) is 41.5 Å². The lowest BCUT2D eigenvalue weighted by Crippen LogP contribution is -2.04. The van der Waals surface area contributed by atoms with Crippen molar-refractivity contribution in [3.63, 3.8) is 0 Å². The number of hydrogen-bond donors (Lipinski definition) is 0. The SMILES string of the molecule is C[CH2][Al]([CH2]C)[CH2]C.C[CH2][Al]([CH2]C)[CH2]C.Cl.Cl.Cl. The molecule has 0 aliphatic rings. The van der Waals surface area contributed by atoms with Gasteiger partial charge in [-0.25, -0.2) is 0 Å². The lowest BCUT2D eigenvalue weighted by Gasteiger charge is -1.97. The molecule has 0 aliphatic carbocycles. The van der Waals surface area contributed by atoms with Crippen LogP contribution >= 0.6 is 37.2 Å². The Balaban J connectivity index is -0.0000000480. The van der Waals surface area contributed by atoms with Crippen molar-refractivity contribution >= 4 is 65.5 Å². The van der Waals surface area contributed by atoms with Crippen LogP contribution in [0.5, 0.6) is 0 Å². The zero-order valence-corrected chi connectivity index (χ0v) is 17.4. The Kier molecular flexibility index (Phi) is 48.9. The third-order valence-corrected chi connectivity index (χ3v) is 10.4. The first-order valence-electron chi connectivity index (χ1n) is 6.69. The Bertz CT molecular complexity index is 74.7. The second-order valence-corrected chi connectivity index (χ2v) is 12.5. The van der Waals surface area contributed by atoms with Crippen LogP contribution in [-0.2, 0) is 0 Å². The van der Waals surface area contributed by atoms with Crippen LogP contribution in [0.25, 0.3) is 0 Å². The highest BCUT2D eigenvalue weighted by molar-refractivity contribution is 6.58. The van der Waals surface area contributed by atoms with E-state index in [0.717, 1.165) is 0 Å². The lowest BCUT2D eigenvalue weighted by atomic mass is 10.9. The summed E-state index contributed by atoms with van der Waals surface area (Å²) in [7, 11) is 0. The molecular weight excluding hydrogens is 304 g/mol. The summed E-state index contributed by atoms with van der Waals surface area (Å²) in [6.45, 7) is 13.9. The van der Waals surface area contributed by atoms with E-state index in [1.54, 1.807) is 0 Å². The summed E-state index contributed by atoms with van der Waals surface area (Å²) in [6, 6.07) is 0. The topological polar surface area (TPSA) is 0 Å². The molecule has 0 N–H and O–H groups in total. The van der Waals surface area contributed by atoms with Gasteiger partial charge in [0.1, 0.15) is 0 Å². The molecule has 0 aromatic heterocycles. The smallest absolute Gasteiger partial charge is 0.147 e. The minimum absolute atomic E-state index is 0. The van der Waals surface area contributed by atoms with Crippen molar-refractivity contribution in [3.8, 4) is 0 Å². The van der Waals surface area contributed by atoms with Gasteiger partial charge in [0, 0.05) is 0 Å². The predicted octanol–water partition coefficient (Wildman–Crippen LogP) is 6.35. The van der Waals surface area contributed by atoms with Crippen molar-refractivity contribution in [3.05, 3.63) is 0 Å². The Morgan fingerprint density at radius 3 is 0.529 bits per heavy atom. The first kappa shape index (κ1) is 31.4. The molecule has 0 amide bonds. The summed E-state index contributed by atoms with van der Waals surface area (Å²) >= 11 is -0.343. The van der Waals surface area contributed by atoms with Crippen molar-refractivity contribution in [1.82, 2.24) is 0 Å². The highest BCUT2D eigenvalue weighted by Gasteiger charge is 2.06. The Morgan fingerprint density at radius 2 is 0.529 bits per heavy atom. The second kappa shape index (κ2) is 26.5. The largest absolute Gasteiger partial charge is 0.261 e. The van der Waals surface area contributed by atoms with Gasteiger partial charge in [-0.3, -0.25) is 0 Å². The lowest BCUT2D eigenvalue weighted by molar-refractivity contribution is 1.24. The second-order valence-electron chi connectivity index (χ2n) is 4.18. The van der Waals surface area contributed by atoms with Gasteiger partial charge in [0.15, 0.2) is 0 Å². The molecule has 17 heavy (non-hydrogen) atoms. The standard InChI is InChI=1S/6C2H5.2Al.3ClH/c6*1-2;;;;;/h6*1H2,2H3;;;3*1H. The molecule has 0 nitrogen and oxygen atoms in total. The van der Waals surface area contributed by atoms with E-state index in [1.807, 2.05) is 0 Å². The summed E-state index contributed by atoms with van der Waals surface area (Å²) in [5, 5.41) is 8.96. The first-order chi connectivity index (χ1) is 6.69. The minimum atomic E-state index is -0.171. The molecule has 0 fully saturated rings. The van der Waals surface area contributed by atoms with Crippen LogP contribution in [0.2, 0.25) is 31.7 Å². The molecule has 0 saturated heterocycles. The zero-order valence-electron chi connectivity index (χ0n) is 12.6. The average molecular weight is 338 g/mol. The molecule has 0 unspecified atom stereocenters.